The summed E-state index contributed by atoms with van der Waals surface area (Å²) in [5, 5.41) is 0. The predicted molar refractivity (Wildman–Crippen MR) is 116 cm³/mol. The Morgan fingerprint density at radius 3 is 2.55 bits per heavy atom. The van der Waals surface area contributed by atoms with Crippen LogP contribution in [0.15, 0.2) is 53.8 Å². The summed E-state index contributed by atoms with van der Waals surface area (Å²) in [5.41, 5.74) is 4.95. The fourth-order valence-corrected chi connectivity index (χ4v) is 3.97. The fraction of sp³-hybridized carbons (Fsp3) is 0.217. The molecule has 0 radical (unpaired) electrons. The van der Waals surface area contributed by atoms with E-state index in [0.717, 1.165) is 6.07 Å². The van der Waals surface area contributed by atoms with E-state index in [9.17, 15) is 18.4 Å². The minimum absolute atomic E-state index is 0.0534. The van der Waals surface area contributed by atoms with Gasteiger partial charge < -0.3 is 15.0 Å². The second-order valence-electron chi connectivity index (χ2n) is 7.47. The van der Waals surface area contributed by atoms with Crippen LogP contribution in [0.1, 0.15) is 28.5 Å². The molecule has 0 saturated heterocycles. The predicted octanol–water partition coefficient (Wildman–Crippen LogP) is 2.67. The number of ether oxygens (including phenoxy) is 1. The van der Waals surface area contributed by atoms with Crippen molar-refractivity contribution in [2.75, 3.05) is 14.2 Å². The number of carbonyl (C=O) groups is 2. The molecule has 1 amide bonds. The van der Waals surface area contributed by atoms with Gasteiger partial charge in [0.05, 0.1) is 7.11 Å². The molecule has 3 heterocycles. The Balaban J connectivity index is 2.00. The molecular weight excluding hydrogens is 432 g/mol. The number of hydrogen-bond donors (Lipinski definition) is 1. The minimum Gasteiger partial charge on any atom is -0.464 e. The van der Waals surface area contributed by atoms with Crippen LogP contribution in [0.25, 0.3) is 11.1 Å². The number of likely N-dealkylation sites (N-methyl/N-ethyl adjacent to an activating group) is 1. The number of amides is 1. The number of benzene rings is 1. The number of rotatable bonds is 5. The number of aliphatic imine (C=N–C) groups is 1. The zero-order valence-electron chi connectivity index (χ0n) is 18.2. The van der Waals surface area contributed by atoms with E-state index < -0.39 is 29.2 Å². The SMILES string of the molecule is CCn1cc(C2(c3ccc(F)c(-c4cccnc4F)c3)N=C(N)N(C)C2=O)cc1C(=O)OC. The summed E-state index contributed by atoms with van der Waals surface area (Å²) in [7, 11) is 2.72. The van der Waals surface area contributed by atoms with E-state index in [2.05, 4.69) is 9.98 Å². The Labute approximate surface area is 188 Å². The summed E-state index contributed by atoms with van der Waals surface area (Å²) in [6, 6.07) is 8.24. The molecule has 4 rings (SSSR count). The van der Waals surface area contributed by atoms with Crippen molar-refractivity contribution in [1.29, 1.82) is 0 Å². The molecule has 0 bridgehead atoms. The molecule has 10 heteroatoms. The number of hydrogen-bond acceptors (Lipinski definition) is 6. The Morgan fingerprint density at radius 1 is 1.18 bits per heavy atom. The standard InChI is InChI=1S/C23H21F2N5O3/c1-4-30-12-14(11-18(30)20(31)33-3)23(21(32)29(2)22(26)28-23)13-7-8-17(24)16(10-13)15-6-5-9-27-19(15)25/h5-12H,4H2,1-3H3,(H2,26,28). The first kappa shape index (κ1) is 22.1. The van der Waals surface area contributed by atoms with Crippen LogP contribution < -0.4 is 5.73 Å². The van der Waals surface area contributed by atoms with Crippen molar-refractivity contribution < 1.29 is 23.1 Å². The molecule has 1 aromatic carbocycles. The molecule has 0 saturated carbocycles. The third-order valence-electron chi connectivity index (χ3n) is 5.72. The highest BCUT2D eigenvalue weighted by Crippen LogP contribution is 2.42. The number of nitrogens with zero attached hydrogens (tertiary/aromatic N) is 4. The van der Waals surface area contributed by atoms with Crippen molar-refractivity contribution in [2.45, 2.75) is 19.0 Å². The van der Waals surface area contributed by atoms with Gasteiger partial charge in [0.25, 0.3) is 5.91 Å². The van der Waals surface area contributed by atoms with Gasteiger partial charge in [0.2, 0.25) is 5.95 Å². The molecule has 0 spiro atoms. The first-order chi connectivity index (χ1) is 15.7. The number of guanidine groups is 1. The topological polar surface area (TPSA) is 103 Å². The van der Waals surface area contributed by atoms with Gasteiger partial charge in [-0.2, -0.15) is 4.39 Å². The summed E-state index contributed by atoms with van der Waals surface area (Å²) < 4.78 is 35.6. The molecule has 33 heavy (non-hydrogen) atoms. The summed E-state index contributed by atoms with van der Waals surface area (Å²) in [5.74, 6) is -2.70. The van der Waals surface area contributed by atoms with Gasteiger partial charge in [-0.15, -0.1) is 0 Å². The van der Waals surface area contributed by atoms with Crippen molar-refractivity contribution in [2.24, 2.45) is 10.7 Å². The van der Waals surface area contributed by atoms with Crippen LogP contribution in [-0.2, 0) is 21.6 Å². The van der Waals surface area contributed by atoms with Gasteiger partial charge in [-0.3, -0.25) is 9.69 Å². The van der Waals surface area contributed by atoms with Crippen molar-refractivity contribution in [3.63, 3.8) is 0 Å². The number of esters is 1. The molecule has 3 aromatic rings. The van der Waals surface area contributed by atoms with Crippen molar-refractivity contribution in [1.82, 2.24) is 14.5 Å². The number of halogens is 2. The Kier molecular flexibility index (Phi) is 5.44. The molecular formula is C23H21F2N5O3. The molecule has 1 aliphatic rings. The largest absolute Gasteiger partial charge is 0.464 e. The number of carbonyl (C=O) groups excluding carboxylic acids is 2. The highest BCUT2D eigenvalue weighted by molar-refractivity contribution is 6.09. The summed E-state index contributed by atoms with van der Waals surface area (Å²) in [6.45, 7) is 2.24. The van der Waals surface area contributed by atoms with E-state index >= 15 is 0 Å². The zero-order chi connectivity index (χ0) is 23.9. The van der Waals surface area contributed by atoms with Gasteiger partial charge in [0, 0.05) is 42.7 Å². The van der Waals surface area contributed by atoms with Crippen LogP contribution in [0.5, 0.6) is 0 Å². The molecule has 2 N–H and O–H groups in total. The van der Waals surface area contributed by atoms with E-state index in [-0.39, 0.29) is 28.3 Å². The zero-order valence-corrected chi connectivity index (χ0v) is 18.2. The second kappa shape index (κ2) is 8.12. The monoisotopic (exact) mass is 453 g/mol. The third-order valence-corrected chi connectivity index (χ3v) is 5.72. The van der Waals surface area contributed by atoms with E-state index in [1.807, 2.05) is 6.92 Å². The maximum atomic E-state index is 14.8. The first-order valence-electron chi connectivity index (χ1n) is 10.1. The molecule has 0 aliphatic carbocycles. The van der Waals surface area contributed by atoms with Crippen molar-refractivity contribution >= 4 is 17.8 Å². The van der Waals surface area contributed by atoms with E-state index in [0.29, 0.717) is 12.1 Å². The summed E-state index contributed by atoms with van der Waals surface area (Å²) >= 11 is 0. The average molecular weight is 453 g/mol. The molecule has 8 nitrogen and oxygen atoms in total. The molecule has 2 aromatic heterocycles. The lowest BCUT2D eigenvalue weighted by Crippen LogP contribution is -2.41. The lowest BCUT2D eigenvalue weighted by molar-refractivity contribution is -0.129. The minimum atomic E-state index is -1.71. The van der Waals surface area contributed by atoms with Gasteiger partial charge in [-0.1, -0.05) is 6.07 Å². The Morgan fingerprint density at radius 2 is 1.94 bits per heavy atom. The van der Waals surface area contributed by atoms with E-state index in [4.69, 9.17) is 10.5 Å². The number of aromatic nitrogens is 2. The van der Waals surface area contributed by atoms with Crippen LogP contribution in [-0.4, -0.2) is 46.4 Å². The number of aryl methyl sites for hydroxylation is 1. The van der Waals surface area contributed by atoms with E-state index in [1.54, 1.807) is 10.8 Å². The lowest BCUT2D eigenvalue weighted by atomic mass is 9.82. The number of methoxy groups -OCH3 is 1. The van der Waals surface area contributed by atoms with Crippen LogP contribution in [0.3, 0.4) is 0 Å². The second-order valence-corrected chi connectivity index (χ2v) is 7.47. The fourth-order valence-electron chi connectivity index (χ4n) is 3.97. The van der Waals surface area contributed by atoms with Gasteiger partial charge >= 0.3 is 5.97 Å². The normalized spacial score (nSPS) is 17.9. The highest BCUT2D eigenvalue weighted by Gasteiger charge is 2.50. The Bertz CT molecular complexity index is 1300. The number of pyridine rings is 1. The van der Waals surface area contributed by atoms with Gasteiger partial charge in [-0.05, 0) is 42.8 Å². The van der Waals surface area contributed by atoms with Crippen molar-refractivity contribution in [3.05, 3.63) is 77.4 Å². The van der Waals surface area contributed by atoms with Crippen molar-refractivity contribution in [3.8, 4) is 11.1 Å². The van der Waals surface area contributed by atoms with Gasteiger partial charge in [0.15, 0.2) is 11.5 Å². The van der Waals surface area contributed by atoms with Crippen LogP contribution in [0, 0.1) is 11.8 Å². The third kappa shape index (κ3) is 3.34. The average Bonchev–Trinajstić information content (AvgIpc) is 3.35. The van der Waals surface area contributed by atoms with Crippen LogP contribution in [0.2, 0.25) is 0 Å². The van der Waals surface area contributed by atoms with Crippen LogP contribution >= 0.6 is 0 Å². The maximum absolute atomic E-state index is 14.8. The highest BCUT2D eigenvalue weighted by atomic mass is 19.1. The lowest BCUT2D eigenvalue weighted by Gasteiger charge is -2.25. The molecule has 170 valence electrons. The van der Waals surface area contributed by atoms with Crippen LogP contribution in [0.4, 0.5) is 8.78 Å². The maximum Gasteiger partial charge on any atom is 0.354 e. The molecule has 1 unspecified atom stereocenters. The Hall–Kier alpha value is -4.08. The van der Waals surface area contributed by atoms with Gasteiger partial charge in [0.1, 0.15) is 11.5 Å². The molecule has 0 fully saturated rings. The van der Waals surface area contributed by atoms with E-state index in [1.165, 1.54) is 55.6 Å². The molecule has 1 aliphatic heterocycles. The summed E-state index contributed by atoms with van der Waals surface area (Å²) in [6.07, 6.45) is 2.86. The first-order valence-corrected chi connectivity index (χ1v) is 10.1. The van der Waals surface area contributed by atoms with Gasteiger partial charge in [-0.25, -0.2) is 19.2 Å². The quantitative estimate of drug-likeness (QED) is 0.473. The summed E-state index contributed by atoms with van der Waals surface area (Å²) in [4.78, 5) is 35.0. The molecule has 1 atom stereocenters. The number of nitrogens with two attached hydrogens (primary N) is 1. The smallest absolute Gasteiger partial charge is 0.354 e.